The molecule has 1 aliphatic heterocycles. The Balaban J connectivity index is 2.32. The molecule has 1 fully saturated rings. The Morgan fingerprint density at radius 3 is 3.00 bits per heavy atom. The standard InChI is InChI=1S/C12H16N4O3/c1-7-8(4-13)10(16(3)15-7)14-9-5-19-6-12(9,2)11(17)18/h9,14H,5-6H2,1-3H3,(H,17,18). The maximum absolute atomic E-state index is 11.4. The van der Waals surface area contributed by atoms with Gasteiger partial charge in [-0.3, -0.25) is 9.48 Å². The van der Waals surface area contributed by atoms with Crippen LogP contribution in [0.15, 0.2) is 0 Å². The van der Waals surface area contributed by atoms with E-state index in [9.17, 15) is 9.90 Å². The molecule has 2 N–H and O–H groups in total. The summed E-state index contributed by atoms with van der Waals surface area (Å²) in [5.74, 6) is -0.386. The number of carboxylic acids is 1. The van der Waals surface area contributed by atoms with Crippen LogP contribution in [0.5, 0.6) is 0 Å². The zero-order chi connectivity index (χ0) is 14.2. The molecule has 2 atom stereocenters. The molecule has 0 radical (unpaired) electrons. The third-order valence-corrected chi connectivity index (χ3v) is 3.59. The lowest BCUT2D eigenvalue weighted by atomic mass is 9.85. The summed E-state index contributed by atoms with van der Waals surface area (Å²) in [6.07, 6.45) is 0. The molecule has 0 saturated carbocycles. The Labute approximate surface area is 110 Å². The van der Waals surface area contributed by atoms with Gasteiger partial charge in [0.15, 0.2) is 0 Å². The summed E-state index contributed by atoms with van der Waals surface area (Å²) in [6, 6.07) is 1.68. The van der Waals surface area contributed by atoms with Crippen molar-refractivity contribution in [2.75, 3.05) is 18.5 Å². The number of hydrogen-bond donors (Lipinski definition) is 2. The zero-order valence-corrected chi connectivity index (χ0v) is 11.1. The fourth-order valence-electron chi connectivity index (χ4n) is 2.21. The molecule has 2 heterocycles. The number of nitrogens with zero attached hydrogens (tertiary/aromatic N) is 3. The van der Waals surface area contributed by atoms with Crippen LogP contribution in [-0.2, 0) is 16.6 Å². The van der Waals surface area contributed by atoms with Crippen LogP contribution in [0.1, 0.15) is 18.2 Å². The van der Waals surface area contributed by atoms with Crippen molar-refractivity contribution in [2.45, 2.75) is 19.9 Å². The van der Waals surface area contributed by atoms with Gasteiger partial charge in [0.1, 0.15) is 22.9 Å². The smallest absolute Gasteiger partial charge is 0.313 e. The number of hydrogen-bond acceptors (Lipinski definition) is 5. The van der Waals surface area contributed by atoms with Gasteiger partial charge in [0.25, 0.3) is 0 Å². The van der Waals surface area contributed by atoms with E-state index in [4.69, 9.17) is 10.00 Å². The normalized spacial score (nSPS) is 26.1. The van der Waals surface area contributed by atoms with E-state index in [1.807, 2.05) is 0 Å². The van der Waals surface area contributed by atoms with Gasteiger partial charge in [0.2, 0.25) is 0 Å². The number of aliphatic carboxylic acids is 1. The number of rotatable bonds is 3. The fourth-order valence-corrected chi connectivity index (χ4v) is 2.21. The summed E-state index contributed by atoms with van der Waals surface area (Å²) in [4.78, 5) is 11.4. The van der Waals surface area contributed by atoms with E-state index >= 15 is 0 Å². The highest BCUT2D eigenvalue weighted by molar-refractivity contribution is 5.76. The highest BCUT2D eigenvalue weighted by atomic mass is 16.5. The van der Waals surface area contributed by atoms with Crippen molar-refractivity contribution < 1.29 is 14.6 Å². The van der Waals surface area contributed by atoms with E-state index in [2.05, 4.69) is 16.5 Å². The Morgan fingerprint density at radius 1 is 1.74 bits per heavy atom. The van der Waals surface area contributed by atoms with Crippen molar-refractivity contribution in [1.82, 2.24) is 9.78 Å². The Kier molecular flexibility index (Phi) is 3.20. The Bertz CT molecular complexity index is 560. The second-order valence-corrected chi connectivity index (χ2v) is 4.98. The first-order valence-corrected chi connectivity index (χ1v) is 5.91. The van der Waals surface area contributed by atoms with Gasteiger partial charge in [-0.1, -0.05) is 0 Å². The van der Waals surface area contributed by atoms with E-state index in [0.717, 1.165) is 0 Å². The lowest BCUT2D eigenvalue weighted by Crippen LogP contribution is -2.43. The molecule has 102 valence electrons. The first kappa shape index (κ1) is 13.4. The molecule has 1 saturated heterocycles. The summed E-state index contributed by atoms with van der Waals surface area (Å²) in [6.45, 7) is 3.82. The fraction of sp³-hybridized carbons (Fsp3) is 0.583. The van der Waals surface area contributed by atoms with Gasteiger partial charge in [0, 0.05) is 7.05 Å². The summed E-state index contributed by atoms with van der Waals surface area (Å²) in [5.41, 5.74) is 0.0378. The Morgan fingerprint density at radius 2 is 2.42 bits per heavy atom. The molecule has 7 nitrogen and oxygen atoms in total. The summed E-state index contributed by atoms with van der Waals surface area (Å²) in [7, 11) is 1.71. The third kappa shape index (κ3) is 2.04. The predicted octanol–water partition coefficient (Wildman–Crippen LogP) is 0.502. The summed E-state index contributed by atoms with van der Waals surface area (Å²) < 4.78 is 6.82. The van der Waals surface area contributed by atoms with Gasteiger partial charge in [-0.15, -0.1) is 0 Å². The molecule has 1 aliphatic rings. The van der Waals surface area contributed by atoms with Crippen LogP contribution < -0.4 is 5.32 Å². The van der Waals surface area contributed by atoms with Crippen molar-refractivity contribution in [1.29, 1.82) is 5.26 Å². The molecule has 7 heteroatoms. The highest BCUT2D eigenvalue weighted by Crippen LogP contribution is 2.32. The lowest BCUT2D eigenvalue weighted by molar-refractivity contribution is -0.148. The van der Waals surface area contributed by atoms with Gasteiger partial charge >= 0.3 is 5.97 Å². The SMILES string of the molecule is Cc1nn(C)c(NC2COCC2(C)C(=O)O)c1C#N. The van der Waals surface area contributed by atoms with Crippen LogP contribution in [0.4, 0.5) is 5.82 Å². The van der Waals surface area contributed by atoms with Crippen molar-refractivity contribution in [3.8, 4) is 6.07 Å². The van der Waals surface area contributed by atoms with Crippen LogP contribution in [-0.4, -0.2) is 40.1 Å². The van der Waals surface area contributed by atoms with Gasteiger partial charge < -0.3 is 15.2 Å². The maximum atomic E-state index is 11.4. The number of nitrogens with one attached hydrogen (secondary N) is 1. The van der Waals surface area contributed by atoms with Crippen LogP contribution in [0.25, 0.3) is 0 Å². The maximum Gasteiger partial charge on any atom is 0.313 e. The Hall–Kier alpha value is -2.07. The average molecular weight is 264 g/mol. The van der Waals surface area contributed by atoms with Crippen molar-refractivity contribution in [2.24, 2.45) is 12.5 Å². The molecule has 0 aromatic carbocycles. The predicted molar refractivity (Wildman–Crippen MR) is 66.6 cm³/mol. The van der Waals surface area contributed by atoms with Gasteiger partial charge in [-0.2, -0.15) is 10.4 Å². The molecule has 1 aromatic rings. The molecule has 1 aromatic heterocycles. The monoisotopic (exact) mass is 264 g/mol. The van der Waals surface area contributed by atoms with Gasteiger partial charge in [0.05, 0.1) is 24.9 Å². The minimum Gasteiger partial charge on any atom is -0.481 e. The molecule has 2 rings (SSSR count). The molecule has 0 amide bonds. The largest absolute Gasteiger partial charge is 0.481 e. The van der Waals surface area contributed by atoms with Crippen molar-refractivity contribution in [3.63, 3.8) is 0 Å². The summed E-state index contributed by atoms with van der Waals surface area (Å²) in [5, 5.41) is 25.7. The van der Waals surface area contributed by atoms with Crippen LogP contribution in [0, 0.1) is 23.7 Å². The van der Waals surface area contributed by atoms with Crippen molar-refractivity contribution >= 4 is 11.8 Å². The lowest BCUT2D eigenvalue weighted by Gasteiger charge is -2.26. The van der Waals surface area contributed by atoms with Gasteiger partial charge in [-0.05, 0) is 13.8 Å². The number of aromatic nitrogens is 2. The van der Waals surface area contributed by atoms with Crippen molar-refractivity contribution in [3.05, 3.63) is 11.3 Å². The second kappa shape index (κ2) is 4.55. The topological polar surface area (TPSA) is 100 Å². The molecular formula is C12H16N4O3. The first-order chi connectivity index (χ1) is 8.90. The summed E-state index contributed by atoms with van der Waals surface area (Å²) >= 11 is 0. The molecule has 0 aliphatic carbocycles. The van der Waals surface area contributed by atoms with E-state index < -0.39 is 17.4 Å². The van der Waals surface area contributed by atoms with Gasteiger partial charge in [-0.25, -0.2) is 0 Å². The quantitative estimate of drug-likeness (QED) is 0.824. The minimum atomic E-state index is -1.01. The number of carbonyl (C=O) groups is 1. The van der Waals surface area contributed by atoms with E-state index in [0.29, 0.717) is 17.1 Å². The highest BCUT2D eigenvalue weighted by Gasteiger charge is 2.47. The molecule has 19 heavy (non-hydrogen) atoms. The molecule has 0 bridgehead atoms. The number of aryl methyl sites for hydroxylation is 2. The van der Waals surface area contributed by atoms with E-state index in [1.165, 1.54) is 0 Å². The van der Waals surface area contributed by atoms with Crippen LogP contribution in [0.2, 0.25) is 0 Å². The minimum absolute atomic E-state index is 0.152. The number of nitriles is 1. The average Bonchev–Trinajstić information content (AvgIpc) is 2.83. The molecule has 2 unspecified atom stereocenters. The third-order valence-electron chi connectivity index (χ3n) is 3.59. The van der Waals surface area contributed by atoms with E-state index in [1.54, 1.807) is 25.6 Å². The van der Waals surface area contributed by atoms with E-state index in [-0.39, 0.29) is 13.2 Å². The number of carboxylic acid groups (broad SMARTS) is 1. The second-order valence-electron chi connectivity index (χ2n) is 4.98. The molecular weight excluding hydrogens is 248 g/mol. The number of anilines is 1. The zero-order valence-electron chi connectivity index (χ0n) is 11.1. The number of ether oxygens (including phenoxy) is 1. The molecule has 0 spiro atoms. The van der Waals surface area contributed by atoms with Crippen LogP contribution >= 0.6 is 0 Å². The first-order valence-electron chi connectivity index (χ1n) is 5.91. The van der Waals surface area contributed by atoms with Crippen LogP contribution in [0.3, 0.4) is 0 Å².